The Morgan fingerprint density at radius 3 is 2.94 bits per heavy atom. The van der Waals surface area contributed by atoms with Gasteiger partial charge in [-0.05, 0) is 37.8 Å². The summed E-state index contributed by atoms with van der Waals surface area (Å²) in [5.74, 6) is 1.41. The number of methoxy groups -OCH3 is 1. The number of aromatic nitrogens is 1. The van der Waals surface area contributed by atoms with Crippen LogP contribution in [0.3, 0.4) is 0 Å². The SMILES string of the molecule is COCCN(c1cccnc1N)C(C)C1CC1. The van der Waals surface area contributed by atoms with Gasteiger partial charge in [0.2, 0.25) is 0 Å². The van der Waals surface area contributed by atoms with Gasteiger partial charge in [-0.3, -0.25) is 0 Å². The Bertz CT molecular complexity index is 365. The molecule has 1 saturated carbocycles. The summed E-state index contributed by atoms with van der Waals surface area (Å²) in [5, 5.41) is 0. The van der Waals surface area contributed by atoms with E-state index in [2.05, 4.69) is 16.8 Å². The molecule has 1 heterocycles. The summed E-state index contributed by atoms with van der Waals surface area (Å²) in [6, 6.07) is 4.48. The summed E-state index contributed by atoms with van der Waals surface area (Å²) in [5.41, 5.74) is 6.99. The molecule has 1 aliphatic carbocycles. The van der Waals surface area contributed by atoms with Crippen LogP contribution in [0.1, 0.15) is 19.8 Å². The molecule has 94 valence electrons. The molecule has 0 radical (unpaired) electrons. The lowest BCUT2D eigenvalue weighted by Crippen LogP contribution is -2.37. The lowest BCUT2D eigenvalue weighted by atomic mass is 10.1. The van der Waals surface area contributed by atoms with E-state index in [1.54, 1.807) is 13.3 Å². The normalized spacial score (nSPS) is 16.8. The Labute approximate surface area is 103 Å². The molecule has 4 heteroatoms. The first kappa shape index (κ1) is 12.2. The van der Waals surface area contributed by atoms with Crippen molar-refractivity contribution in [3.05, 3.63) is 18.3 Å². The average molecular weight is 235 g/mol. The predicted octanol–water partition coefficient (Wildman–Crippen LogP) is 1.92. The van der Waals surface area contributed by atoms with E-state index in [0.29, 0.717) is 18.5 Å². The van der Waals surface area contributed by atoms with Gasteiger partial charge in [0.1, 0.15) is 5.82 Å². The second-order valence-electron chi connectivity index (χ2n) is 4.67. The van der Waals surface area contributed by atoms with Gasteiger partial charge in [0.25, 0.3) is 0 Å². The number of nitrogens with two attached hydrogens (primary N) is 1. The maximum absolute atomic E-state index is 5.96. The molecule has 4 nitrogen and oxygen atoms in total. The van der Waals surface area contributed by atoms with E-state index in [1.807, 2.05) is 12.1 Å². The Morgan fingerprint density at radius 1 is 1.59 bits per heavy atom. The molecule has 0 saturated heterocycles. The first-order chi connectivity index (χ1) is 8.24. The maximum atomic E-state index is 5.96. The number of nitrogens with zero attached hydrogens (tertiary/aromatic N) is 2. The highest BCUT2D eigenvalue weighted by Gasteiger charge is 2.32. The van der Waals surface area contributed by atoms with Gasteiger partial charge in [-0.2, -0.15) is 0 Å². The zero-order valence-corrected chi connectivity index (χ0v) is 10.6. The van der Waals surface area contributed by atoms with Crippen molar-refractivity contribution in [1.29, 1.82) is 0 Å². The number of pyridine rings is 1. The summed E-state index contributed by atoms with van der Waals surface area (Å²) in [4.78, 5) is 6.49. The summed E-state index contributed by atoms with van der Waals surface area (Å²) >= 11 is 0. The van der Waals surface area contributed by atoms with Gasteiger partial charge in [0.15, 0.2) is 0 Å². The molecule has 1 fully saturated rings. The average Bonchev–Trinajstić information content (AvgIpc) is 3.15. The highest BCUT2D eigenvalue weighted by atomic mass is 16.5. The highest BCUT2D eigenvalue weighted by molar-refractivity contribution is 5.63. The third-order valence-corrected chi connectivity index (χ3v) is 3.46. The topological polar surface area (TPSA) is 51.4 Å². The third-order valence-electron chi connectivity index (χ3n) is 3.46. The second kappa shape index (κ2) is 5.36. The lowest BCUT2D eigenvalue weighted by Gasteiger charge is -2.31. The number of rotatable bonds is 6. The van der Waals surface area contributed by atoms with Gasteiger partial charge >= 0.3 is 0 Å². The molecule has 1 aromatic rings. The van der Waals surface area contributed by atoms with Gasteiger partial charge in [-0.1, -0.05) is 0 Å². The molecule has 17 heavy (non-hydrogen) atoms. The van der Waals surface area contributed by atoms with Crippen molar-refractivity contribution in [2.45, 2.75) is 25.8 Å². The van der Waals surface area contributed by atoms with E-state index in [-0.39, 0.29) is 0 Å². The monoisotopic (exact) mass is 235 g/mol. The molecule has 1 aromatic heterocycles. The van der Waals surface area contributed by atoms with Crippen molar-refractivity contribution < 1.29 is 4.74 Å². The molecule has 0 bridgehead atoms. The Hall–Kier alpha value is -1.29. The smallest absolute Gasteiger partial charge is 0.146 e. The molecule has 0 aliphatic heterocycles. The quantitative estimate of drug-likeness (QED) is 0.818. The molecule has 0 amide bonds. The number of ether oxygens (including phenoxy) is 1. The van der Waals surface area contributed by atoms with Crippen LogP contribution >= 0.6 is 0 Å². The van der Waals surface area contributed by atoms with Crippen LogP contribution in [0.15, 0.2) is 18.3 Å². The number of hydrogen-bond acceptors (Lipinski definition) is 4. The Morgan fingerprint density at radius 2 is 2.35 bits per heavy atom. The fourth-order valence-electron chi connectivity index (χ4n) is 2.22. The van der Waals surface area contributed by atoms with Crippen LogP contribution in [-0.4, -0.2) is 31.3 Å². The van der Waals surface area contributed by atoms with Gasteiger partial charge < -0.3 is 15.4 Å². The molecule has 0 aromatic carbocycles. The number of hydrogen-bond donors (Lipinski definition) is 1. The Kier molecular flexibility index (Phi) is 3.84. The summed E-state index contributed by atoms with van der Waals surface area (Å²) in [6.07, 6.45) is 4.38. The van der Waals surface area contributed by atoms with Crippen LogP contribution in [0, 0.1) is 5.92 Å². The van der Waals surface area contributed by atoms with Crippen LogP contribution in [0.4, 0.5) is 11.5 Å². The van der Waals surface area contributed by atoms with Gasteiger partial charge in [-0.15, -0.1) is 0 Å². The van der Waals surface area contributed by atoms with Crippen molar-refractivity contribution >= 4 is 11.5 Å². The summed E-state index contributed by atoms with van der Waals surface area (Å²) in [7, 11) is 1.73. The minimum absolute atomic E-state index is 0.511. The summed E-state index contributed by atoms with van der Waals surface area (Å²) < 4.78 is 5.18. The number of anilines is 2. The van der Waals surface area contributed by atoms with Crippen molar-refractivity contribution in [2.75, 3.05) is 30.9 Å². The van der Waals surface area contributed by atoms with E-state index in [9.17, 15) is 0 Å². The van der Waals surface area contributed by atoms with Crippen LogP contribution < -0.4 is 10.6 Å². The minimum atomic E-state index is 0.511. The first-order valence-corrected chi connectivity index (χ1v) is 6.20. The van der Waals surface area contributed by atoms with E-state index in [0.717, 1.165) is 18.2 Å². The van der Waals surface area contributed by atoms with Crippen LogP contribution in [-0.2, 0) is 4.74 Å². The molecule has 2 rings (SSSR count). The molecule has 2 N–H and O–H groups in total. The maximum Gasteiger partial charge on any atom is 0.146 e. The van der Waals surface area contributed by atoms with Gasteiger partial charge in [-0.25, -0.2) is 4.98 Å². The standard InChI is InChI=1S/C13H21N3O/c1-10(11-5-6-11)16(8-9-17-2)12-4-3-7-15-13(12)14/h3-4,7,10-11H,5-6,8-9H2,1-2H3,(H2,14,15). The van der Waals surface area contributed by atoms with Crippen molar-refractivity contribution in [3.63, 3.8) is 0 Å². The van der Waals surface area contributed by atoms with E-state index < -0.39 is 0 Å². The van der Waals surface area contributed by atoms with Crippen LogP contribution in [0.2, 0.25) is 0 Å². The zero-order valence-electron chi connectivity index (χ0n) is 10.6. The minimum Gasteiger partial charge on any atom is -0.383 e. The third kappa shape index (κ3) is 2.88. The summed E-state index contributed by atoms with van der Waals surface area (Å²) in [6.45, 7) is 3.84. The highest BCUT2D eigenvalue weighted by Crippen LogP contribution is 2.37. The molecule has 1 aliphatic rings. The molecular formula is C13H21N3O. The first-order valence-electron chi connectivity index (χ1n) is 6.20. The van der Waals surface area contributed by atoms with Crippen molar-refractivity contribution in [2.24, 2.45) is 5.92 Å². The second-order valence-corrected chi connectivity index (χ2v) is 4.67. The van der Waals surface area contributed by atoms with Gasteiger partial charge in [0.05, 0.1) is 12.3 Å². The lowest BCUT2D eigenvalue weighted by molar-refractivity contribution is 0.202. The largest absolute Gasteiger partial charge is 0.383 e. The molecule has 0 spiro atoms. The predicted molar refractivity (Wildman–Crippen MR) is 70.1 cm³/mol. The van der Waals surface area contributed by atoms with E-state index in [4.69, 9.17) is 10.5 Å². The van der Waals surface area contributed by atoms with Crippen molar-refractivity contribution in [1.82, 2.24) is 4.98 Å². The molecule has 1 atom stereocenters. The number of nitrogen functional groups attached to an aromatic ring is 1. The van der Waals surface area contributed by atoms with Crippen LogP contribution in [0.5, 0.6) is 0 Å². The van der Waals surface area contributed by atoms with Crippen molar-refractivity contribution in [3.8, 4) is 0 Å². The van der Waals surface area contributed by atoms with Gasteiger partial charge in [0, 0.05) is 25.9 Å². The van der Waals surface area contributed by atoms with Crippen LogP contribution in [0.25, 0.3) is 0 Å². The molecule has 1 unspecified atom stereocenters. The fraction of sp³-hybridized carbons (Fsp3) is 0.615. The Balaban J connectivity index is 2.16. The van der Waals surface area contributed by atoms with E-state index in [1.165, 1.54) is 12.8 Å². The van der Waals surface area contributed by atoms with E-state index >= 15 is 0 Å². The zero-order chi connectivity index (χ0) is 12.3. The fourth-order valence-corrected chi connectivity index (χ4v) is 2.22. The molecular weight excluding hydrogens is 214 g/mol.